The van der Waals surface area contributed by atoms with Crippen molar-refractivity contribution in [3.05, 3.63) is 54.1 Å². The molecule has 5 rings (SSSR count). The normalized spacial score (nSPS) is 17.5. The Bertz CT molecular complexity index is 1050. The van der Waals surface area contributed by atoms with Crippen LogP contribution in [-0.2, 0) is 0 Å². The molecule has 0 aromatic carbocycles. The largest absolute Gasteiger partial charge is 0.361 e. The maximum absolute atomic E-state index is 4.58. The Morgan fingerprint density at radius 3 is 2.93 bits per heavy atom. The third-order valence-electron chi connectivity index (χ3n) is 5.03. The van der Waals surface area contributed by atoms with Crippen LogP contribution in [-0.4, -0.2) is 32.3 Å². The van der Waals surface area contributed by atoms with E-state index in [9.17, 15) is 0 Å². The van der Waals surface area contributed by atoms with Crippen molar-refractivity contribution in [3.63, 3.8) is 0 Å². The van der Waals surface area contributed by atoms with Gasteiger partial charge in [-0.15, -0.1) is 0 Å². The first-order valence-corrected chi connectivity index (χ1v) is 9.30. The van der Waals surface area contributed by atoms with Crippen molar-refractivity contribution >= 4 is 28.5 Å². The van der Waals surface area contributed by atoms with Crippen molar-refractivity contribution in [1.82, 2.24) is 19.9 Å². The number of hydrogen-bond acceptors (Lipinski definition) is 6. The highest BCUT2D eigenvalue weighted by Crippen LogP contribution is 2.37. The summed E-state index contributed by atoms with van der Waals surface area (Å²) in [5, 5.41) is 7.74. The molecule has 3 aromatic rings. The fraction of sp³-hybridized carbons (Fsp3) is 0.300. The number of aromatic nitrogens is 4. The Labute approximate surface area is 157 Å². The van der Waals surface area contributed by atoms with Gasteiger partial charge in [0.1, 0.15) is 11.7 Å². The zero-order valence-corrected chi connectivity index (χ0v) is 15.1. The van der Waals surface area contributed by atoms with Crippen LogP contribution in [0, 0.1) is 5.92 Å². The Morgan fingerprint density at radius 1 is 1.15 bits per heavy atom. The Balaban J connectivity index is 1.31. The Hall–Kier alpha value is -3.22. The van der Waals surface area contributed by atoms with Crippen molar-refractivity contribution in [1.29, 1.82) is 0 Å². The minimum atomic E-state index is -0.0232. The zero-order valence-electron chi connectivity index (χ0n) is 15.1. The average Bonchev–Trinajstić information content (AvgIpc) is 3.22. The molecule has 27 heavy (non-hydrogen) atoms. The van der Waals surface area contributed by atoms with Crippen LogP contribution in [0.15, 0.2) is 53.4 Å². The fourth-order valence-corrected chi connectivity index (χ4v) is 3.46. The molecular formula is C20H21N7. The van der Waals surface area contributed by atoms with Gasteiger partial charge in [0.2, 0.25) is 5.95 Å². The highest BCUT2D eigenvalue weighted by atomic mass is 15.2. The van der Waals surface area contributed by atoms with Gasteiger partial charge in [-0.25, -0.2) is 4.98 Å². The maximum atomic E-state index is 4.58. The molecule has 1 saturated carbocycles. The lowest BCUT2D eigenvalue weighted by atomic mass is 10.1. The van der Waals surface area contributed by atoms with Gasteiger partial charge < -0.3 is 15.6 Å². The van der Waals surface area contributed by atoms with Gasteiger partial charge in [-0.1, -0.05) is 0 Å². The third kappa shape index (κ3) is 3.28. The van der Waals surface area contributed by atoms with Gasteiger partial charge in [0.05, 0.1) is 18.3 Å². The van der Waals surface area contributed by atoms with E-state index in [1.165, 1.54) is 18.4 Å². The van der Waals surface area contributed by atoms with Crippen LogP contribution in [0.4, 0.5) is 11.8 Å². The summed E-state index contributed by atoms with van der Waals surface area (Å²) in [6.07, 6.45) is 10.2. The van der Waals surface area contributed by atoms with Gasteiger partial charge in [0.25, 0.3) is 0 Å². The highest BCUT2D eigenvalue weighted by molar-refractivity contribution is 6.05. The van der Waals surface area contributed by atoms with Crippen LogP contribution in [0.3, 0.4) is 0 Å². The first-order valence-electron chi connectivity index (χ1n) is 9.30. The minimum Gasteiger partial charge on any atom is -0.361 e. The SMILES string of the molecule is C[C@@H](Nc1nccc(NC2=NCC(C3CC3)=C2)n1)c1nccc2[nH]ccc12. The molecule has 0 bridgehead atoms. The first kappa shape index (κ1) is 16.0. The predicted octanol–water partition coefficient (Wildman–Crippen LogP) is 3.69. The number of fused-ring (bicyclic) bond motifs is 1. The highest BCUT2D eigenvalue weighted by Gasteiger charge is 2.27. The Morgan fingerprint density at radius 2 is 2.04 bits per heavy atom. The zero-order chi connectivity index (χ0) is 18.2. The smallest absolute Gasteiger partial charge is 0.225 e. The molecule has 1 fully saturated rings. The molecule has 0 unspecified atom stereocenters. The topological polar surface area (TPSA) is 90.9 Å². The summed E-state index contributed by atoms with van der Waals surface area (Å²) >= 11 is 0. The maximum Gasteiger partial charge on any atom is 0.225 e. The lowest BCUT2D eigenvalue weighted by molar-refractivity contribution is 0.833. The number of pyridine rings is 1. The van der Waals surface area contributed by atoms with Gasteiger partial charge >= 0.3 is 0 Å². The monoisotopic (exact) mass is 359 g/mol. The second-order valence-corrected chi connectivity index (χ2v) is 7.09. The summed E-state index contributed by atoms with van der Waals surface area (Å²) in [6, 6.07) is 5.84. The number of anilines is 2. The quantitative estimate of drug-likeness (QED) is 0.646. The van der Waals surface area contributed by atoms with Gasteiger partial charge in [0.15, 0.2) is 0 Å². The van der Waals surface area contributed by atoms with Gasteiger partial charge in [0, 0.05) is 29.5 Å². The predicted molar refractivity (Wildman–Crippen MR) is 107 cm³/mol. The molecule has 1 atom stereocenters. The van der Waals surface area contributed by atoms with Crippen LogP contribution in [0.1, 0.15) is 31.5 Å². The lowest BCUT2D eigenvalue weighted by Gasteiger charge is -2.15. The summed E-state index contributed by atoms with van der Waals surface area (Å²) < 4.78 is 0. The second kappa shape index (κ2) is 6.50. The van der Waals surface area contributed by atoms with Gasteiger partial charge in [-0.3, -0.25) is 9.98 Å². The molecule has 3 N–H and O–H groups in total. The van der Waals surface area contributed by atoms with Crippen molar-refractivity contribution in [2.75, 3.05) is 17.2 Å². The standard InChI is InChI=1S/C20H21N7/c1-12(19-15-4-7-21-16(15)5-8-22-19)25-20-23-9-6-17(27-20)26-18-10-14(11-24-18)13-2-3-13/h4-10,12-13,21H,2-3,11H2,1H3,(H2,23,24,25,26,27)/t12-/m1/s1. The summed E-state index contributed by atoms with van der Waals surface area (Å²) in [5.41, 5.74) is 3.47. The molecule has 1 aliphatic carbocycles. The molecule has 0 spiro atoms. The fourth-order valence-electron chi connectivity index (χ4n) is 3.46. The van der Waals surface area contributed by atoms with E-state index < -0.39 is 0 Å². The van der Waals surface area contributed by atoms with E-state index >= 15 is 0 Å². The van der Waals surface area contributed by atoms with Crippen molar-refractivity contribution in [2.45, 2.75) is 25.8 Å². The molecule has 4 heterocycles. The van der Waals surface area contributed by atoms with E-state index in [4.69, 9.17) is 0 Å². The van der Waals surface area contributed by atoms with Crippen LogP contribution in [0.5, 0.6) is 0 Å². The van der Waals surface area contributed by atoms with E-state index in [0.717, 1.165) is 40.7 Å². The summed E-state index contributed by atoms with van der Waals surface area (Å²) in [6.45, 7) is 2.87. The van der Waals surface area contributed by atoms with Crippen molar-refractivity contribution < 1.29 is 0 Å². The van der Waals surface area contributed by atoms with Crippen LogP contribution in [0.2, 0.25) is 0 Å². The number of nitrogens with one attached hydrogen (secondary N) is 3. The van der Waals surface area contributed by atoms with E-state index in [1.807, 2.05) is 30.6 Å². The molecule has 7 heteroatoms. The number of hydrogen-bond donors (Lipinski definition) is 3. The van der Waals surface area contributed by atoms with Crippen molar-refractivity contribution in [2.24, 2.45) is 10.9 Å². The molecule has 7 nitrogen and oxygen atoms in total. The number of H-pyrrole nitrogens is 1. The first-order chi connectivity index (χ1) is 13.3. The second-order valence-electron chi connectivity index (χ2n) is 7.09. The molecule has 1 aliphatic heterocycles. The van der Waals surface area contributed by atoms with Gasteiger partial charge in [-0.2, -0.15) is 4.98 Å². The molecule has 2 aliphatic rings. The summed E-state index contributed by atoms with van der Waals surface area (Å²) in [7, 11) is 0. The number of amidine groups is 1. The molecule has 0 amide bonds. The summed E-state index contributed by atoms with van der Waals surface area (Å²) in [5.74, 6) is 2.93. The third-order valence-corrected chi connectivity index (χ3v) is 5.03. The van der Waals surface area contributed by atoms with E-state index in [-0.39, 0.29) is 6.04 Å². The van der Waals surface area contributed by atoms with Crippen LogP contribution in [0.25, 0.3) is 10.9 Å². The number of nitrogens with zero attached hydrogens (tertiary/aromatic N) is 4. The van der Waals surface area contributed by atoms with E-state index in [0.29, 0.717) is 5.95 Å². The average molecular weight is 359 g/mol. The Kier molecular flexibility index (Phi) is 3.85. The van der Waals surface area contributed by atoms with Gasteiger partial charge in [-0.05, 0) is 55.5 Å². The van der Waals surface area contributed by atoms with E-state index in [1.54, 1.807) is 6.20 Å². The number of aromatic amines is 1. The van der Waals surface area contributed by atoms with Crippen LogP contribution < -0.4 is 10.6 Å². The number of rotatable bonds is 5. The van der Waals surface area contributed by atoms with Crippen molar-refractivity contribution in [3.8, 4) is 0 Å². The minimum absolute atomic E-state index is 0.0232. The molecule has 3 aromatic heterocycles. The van der Waals surface area contributed by atoms with Crippen LogP contribution >= 0.6 is 0 Å². The molecule has 0 radical (unpaired) electrons. The lowest BCUT2D eigenvalue weighted by Crippen LogP contribution is -2.13. The van der Waals surface area contributed by atoms with E-state index in [2.05, 4.69) is 48.6 Å². The summed E-state index contributed by atoms with van der Waals surface area (Å²) in [4.78, 5) is 21.2. The number of aliphatic imine (C=N–C) groups is 1. The molecule has 136 valence electrons. The molecular weight excluding hydrogens is 338 g/mol. The molecule has 0 saturated heterocycles.